The maximum absolute atomic E-state index is 9.63. The second-order valence-electron chi connectivity index (χ2n) is 5.13. The van der Waals surface area contributed by atoms with E-state index < -0.39 is 0 Å². The lowest BCUT2D eigenvalue weighted by Crippen LogP contribution is -2.28. The van der Waals surface area contributed by atoms with Gasteiger partial charge in [-0.25, -0.2) is 0 Å². The molecule has 17 heavy (non-hydrogen) atoms. The van der Waals surface area contributed by atoms with Gasteiger partial charge in [-0.1, -0.05) is 37.5 Å². The number of aliphatic hydroxyl groups excluding tert-OH is 1. The molecular weight excluding hydrogens is 228 g/mol. The van der Waals surface area contributed by atoms with Crippen LogP contribution in [0.3, 0.4) is 0 Å². The van der Waals surface area contributed by atoms with Crippen molar-refractivity contribution in [2.24, 2.45) is 5.41 Å². The minimum atomic E-state index is 0.236. The Morgan fingerprint density at radius 1 is 1.06 bits per heavy atom. The van der Waals surface area contributed by atoms with Gasteiger partial charge in [0.05, 0.1) is 0 Å². The summed E-state index contributed by atoms with van der Waals surface area (Å²) in [5.41, 5.74) is 0.236. The van der Waals surface area contributed by atoms with Crippen LogP contribution in [0, 0.1) is 5.41 Å². The average Bonchev–Trinajstić information content (AvgIpc) is 2.41. The molecule has 0 unspecified atom stereocenters. The lowest BCUT2D eigenvalue weighted by atomic mass is 9.73. The highest BCUT2D eigenvalue weighted by Crippen LogP contribution is 2.40. The van der Waals surface area contributed by atoms with Crippen LogP contribution in [-0.2, 0) is 0 Å². The van der Waals surface area contributed by atoms with Crippen LogP contribution in [0.1, 0.15) is 38.5 Å². The standard InChI is InChI=1S/C15H22OS/c16-13-15(9-5-2-6-10-15)11-12-17-14-7-3-1-4-8-14/h1,3-4,7-8,16H,2,5-6,9-13H2. The molecule has 1 N–H and O–H groups in total. The predicted octanol–water partition coefficient (Wildman–Crippen LogP) is 4.11. The van der Waals surface area contributed by atoms with Crippen LogP contribution in [0.5, 0.6) is 0 Å². The van der Waals surface area contributed by atoms with E-state index >= 15 is 0 Å². The second-order valence-corrected chi connectivity index (χ2v) is 6.30. The van der Waals surface area contributed by atoms with E-state index in [2.05, 4.69) is 30.3 Å². The normalized spacial score (nSPS) is 19.1. The molecule has 1 fully saturated rings. The number of benzene rings is 1. The Morgan fingerprint density at radius 3 is 2.41 bits per heavy atom. The molecule has 0 spiro atoms. The SMILES string of the molecule is OCC1(CCSc2ccccc2)CCCCC1. The first-order chi connectivity index (χ1) is 8.35. The van der Waals surface area contributed by atoms with Gasteiger partial charge in [0, 0.05) is 11.5 Å². The van der Waals surface area contributed by atoms with Gasteiger partial charge in [-0.15, -0.1) is 11.8 Å². The smallest absolute Gasteiger partial charge is 0.0487 e. The van der Waals surface area contributed by atoms with E-state index in [1.807, 2.05) is 11.8 Å². The van der Waals surface area contributed by atoms with Crippen molar-refractivity contribution in [1.82, 2.24) is 0 Å². The third-order valence-corrected chi connectivity index (χ3v) is 4.91. The zero-order valence-electron chi connectivity index (χ0n) is 10.4. The molecule has 1 nitrogen and oxygen atoms in total. The summed E-state index contributed by atoms with van der Waals surface area (Å²) in [6, 6.07) is 10.6. The highest BCUT2D eigenvalue weighted by molar-refractivity contribution is 7.99. The third kappa shape index (κ3) is 3.75. The minimum Gasteiger partial charge on any atom is -0.396 e. The summed E-state index contributed by atoms with van der Waals surface area (Å²) in [5.74, 6) is 1.13. The first-order valence-corrected chi connectivity index (χ1v) is 7.62. The Morgan fingerprint density at radius 2 is 1.76 bits per heavy atom. The van der Waals surface area contributed by atoms with Crippen LogP contribution in [0.15, 0.2) is 35.2 Å². The van der Waals surface area contributed by atoms with E-state index in [1.54, 1.807) is 0 Å². The van der Waals surface area contributed by atoms with Crippen LogP contribution in [-0.4, -0.2) is 17.5 Å². The van der Waals surface area contributed by atoms with Crippen LogP contribution < -0.4 is 0 Å². The van der Waals surface area contributed by atoms with Crippen molar-refractivity contribution in [3.05, 3.63) is 30.3 Å². The molecule has 0 aliphatic heterocycles. The Kier molecular flexibility index (Phi) is 4.93. The summed E-state index contributed by atoms with van der Waals surface area (Å²) in [6.07, 6.45) is 7.56. The van der Waals surface area contributed by atoms with Crippen molar-refractivity contribution in [3.63, 3.8) is 0 Å². The van der Waals surface area contributed by atoms with Crippen molar-refractivity contribution in [2.75, 3.05) is 12.4 Å². The fourth-order valence-corrected chi connectivity index (χ4v) is 3.81. The molecule has 1 aromatic carbocycles. The highest BCUT2D eigenvalue weighted by atomic mass is 32.2. The monoisotopic (exact) mass is 250 g/mol. The van der Waals surface area contributed by atoms with E-state index in [0.717, 1.165) is 12.2 Å². The van der Waals surface area contributed by atoms with Crippen LogP contribution in [0.2, 0.25) is 0 Å². The molecule has 0 amide bonds. The predicted molar refractivity (Wildman–Crippen MR) is 74.4 cm³/mol. The van der Waals surface area contributed by atoms with Gasteiger partial charge in [0.2, 0.25) is 0 Å². The Labute approximate surface area is 109 Å². The molecule has 1 aliphatic rings. The molecule has 94 valence electrons. The first kappa shape index (κ1) is 13.0. The van der Waals surface area contributed by atoms with Gasteiger partial charge in [0.25, 0.3) is 0 Å². The lowest BCUT2D eigenvalue weighted by Gasteiger charge is -2.35. The molecule has 0 radical (unpaired) electrons. The maximum Gasteiger partial charge on any atom is 0.0487 e. The summed E-state index contributed by atoms with van der Waals surface area (Å²) >= 11 is 1.92. The molecule has 0 atom stereocenters. The van der Waals surface area contributed by atoms with Crippen molar-refractivity contribution in [3.8, 4) is 0 Å². The van der Waals surface area contributed by atoms with E-state index in [0.29, 0.717) is 6.61 Å². The highest BCUT2D eigenvalue weighted by Gasteiger charge is 2.30. The number of aliphatic hydroxyl groups is 1. The quantitative estimate of drug-likeness (QED) is 0.794. The van der Waals surface area contributed by atoms with Gasteiger partial charge in [-0.3, -0.25) is 0 Å². The van der Waals surface area contributed by atoms with Crippen LogP contribution in [0.4, 0.5) is 0 Å². The lowest BCUT2D eigenvalue weighted by molar-refractivity contribution is 0.0795. The van der Waals surface area contributed by atoms with Crippen molar-refractivity contribution in [2.45, 2.75) is 43.4 Å². The minimum absolute atomic E-state index is 0.236. The van der Waals surface area contributed by atoms with E-state index in [4.69, 9.17) is 0 Å². The molecule has 1 aromatic rings. The summed E-state index contributed by atoms with van der Waals surface area (Å²) in [5, 5.41) is 9.63. The number of thioether (sulfide) groups is 1. The van der Waals surface area contributed by atoms with E-state index in [-0.39, 0.29) is 5.41 Å². The average molecular weight is 250 g/mol. The third-order valence-electron chi connectivity index (χ3n) is 3.89. The van der Waals surface area contributed by atoms with Gasteiger partial charge >= 0.3 is 0 Å². The molecule has 2 rings (SSSR count). The van der Waals surface area contributed by atoms with Crippen LogP contribution >= 0.6 is 11.8 Å². The topological polar surface area (TPSA) is 20.2 Å². The van der Waals surface area contributed by atoms with Gasteiger partial charge < -0.3 is 5.11 Å². The second kappa shape index (κ2) is 6.46. The molecule has 1 saturated carbocycles. The Balaban J connectivity index is 1.80. The van der Waals surface area contributed by atoms with E-state index in [1.165, 1.54) is 37.0 Å². The van der Waals surface area contributed by atoms with Crippen LogP contribution in [0.25, 0.3) is 0 Å². The molecule has 0 aromatic heterocycles. The van der Waals surface area contributed by atoms with Gasteiger partial charge in [0.15, 0.2) is 0 Å². The van der Waals surface area contributed by atoms with Crippen molar-refractivity contribution in [1.29, 1.82) is 0 Å². The Hall–Kier alpha value is -0.470. The molecule has 0 heterocycles. The molecular formula is C15H22OS. The molecule has 2 heteroatoms. The van der Waals surface area contributed by atoms with Crippen molar-refractivity contribution >= 4 is 11.8 Å². The molecule has 1 aliphatic carbocycles. The zero-order chi connectivity index (χ0) is 12.0. The fourth-order valence-electron chi connectivity index (χ4n) is 2.69. The summed E-state index contributed by atoms with van der Waals surface area (Å²) < 4.78 is 0. The van der Waals surface area contributed by atoms with Crippen molar-refractivity contribution < 1.29 is 5.11 Å². The van der Waals surface area contributed by atoms with Gasteiger partial charge in [0.1, 0.15) is 0 Å². The maximum atomic E-state index is 9.63. The largest absolute Gasteiger partial charge is 0.396 e. The Bertz CT molecular complexity index is 317. The van der Waals surface area contributed by atoms with Gasteiger partial charge in [-0.2, -0.15) is 0 Å². The number of rotatable bonds is 5. The zero-order valence-corrected chi connectivity index (χ0v) is 11.2. The number of hydrogen-bond donors (Lipinski definition) is 1. The summed E-state index contributed by atoms with van der Waals surface area (Å²) in [7, 11) is 0. The molecule has 0 saturated heterocycles. The number of hydrogen-bond acceptors (Lipinski definition) is 2. The van der Waals surface area contributed by atoms with Gasteiger partial charge in [-0.05, 0) is 42.6 Å². The molecule has 0 bridgehead atoms. The summed E-state index contributed by atoms with van der Waals surface area (Å²) in [6.45, 7) is 0.377. The first-order valence-electron chi connectivity index (χ1n) is 6.63. The fraction of sp³-hybridized carbons (Fsp3) is 0.600. The van der Waals surface area contributed by atoms with E-state index in [9.17, 15) is 5.11 Å². The summed E-state index contributed by atoms with van der Waals surface area (Å²) in [4.78, 5) is 1.34.